The van der Waals surface area contributed by atoms with Gasteiger partial charge in [-0.05, 0) is 31.0 Å². The Kier molecular flexibility index (Phi) is 3.94. The molecule has 1 aliphatic carbocycles. The van der Waals surface area contributed by atoms with Crippen LogP contribution in [0.4, 0.5) is 5.69 Å². The summed E-state index contributed by atoms with van der Waals surface area (Å²) in [5.74, 6) is -0.450. The van der Waals surface area contributed by atoms with Crippen LogP contribution in [-0.2, 0) is 0 Å². The van der Waals surface area contributed by atoms with E-state index in [0.717, 1.165) is 4.90 Å². The Morgan fingerprint density at radius 2 is 1.94 bits per heavy atom. The maximum Gasteiger partial charge on any atom is 0.250 e. The summed E-state index contributed by atoms with van der Waals surface area (Å²) in [5, 5.41) is 0.674. The fourth-order valence-corrected chi connectivity index (χ4v) is 3.48. The molecule has 1 amide bonds. The first-order valence-electron chi connectivity index (χ1n) is 6.03. The Hall–Kier alpha value is -1.16. The van der Waals surface area contributed by atoms with E-state index >= 15 is 0 Å². The Labute approximate surface area is 106 Å². The molecule has 1 aromatic rings. The molecule has 17 heavy (non-hydrogen) atoms. The van der Waals surface area contributed by atoms with Gasteiger partial charge in [-0.15, -0.1) is 11.8 Å². The predicted molar refractivity (Wildman–Crippen MR) is 72.1 cm³/mol. The van der Waals surface area contributed by atoms with E-state index in [1.165, 1.54) is 32.1 Å². The largest absolute Gasteiger partial charge is 0.398 e. The topological polar surface area (TPSA) is 69.1 Å². The van der Waals surface area contributed by atoms with Crippen molar-refractivity contribution in [3.05, 3.63) is 23.8 Å². The van der Waals surface area contributed by atoms with Gasteiger partial charge >= 0.3 is 0 Å². The van der Waals surface area contributed by atoms with E-state index in [1.807, 2.05) is 23.9 Å². The van der Waals surface area contributed by atoms with Crippen LogP contribution in [0, 0.1) is 0 Å². The molecule has 0 atom stereocenters. The lowest BCUT2D eigenvalue weighted by Gasteiger charge is -2.21. The fraction of sp³-hybridized carbons (Fsp3) is 0.462. The molecule has 0 unspecified atom stereocenters. The number of amides is 1. The Bertz CT molecular complexity index is 414. The smallest absolute Gasteiger partial charge is 0.250 e. The van der Waals surface area contributed by atoms with Crippen LogP contribution < -0.4 is 11.5 Å². The lowest BCUT2D eigenvalue weighted by atomic mass is 10.0. The number of hydrogen-bond acceptors (Lipinski definition) is 3. The maximum atomic E-state index is 11.2. The van der Waals surface area contributed by atoms with Crippen LogP contribution in [0.2, 0.25) is 0 Å². The van der Waals surface area contributed by atoms with Crippen LogP contribution in [0.15, 0.2) is 23.1 Å². The van der Waals surface area contributed by atoms with Gasteiger partial charge < -0.3 is 11.5 Å². The minimum absolute atomic E-state index is 0.436. The number of nitrogens with two attached hydrogens (primary N) is 2. The van der Waals surface area contributed by atoms with Crippen LogP contribution >= 0.6 is 11.8 Å². The third-order valence-corrected chi connectivity index (χ3v) is 4.48. The monoisotopic (exact) mass is 250 g/mol. The summed E-state index contributed by atoms with van der Waals surface area (Å²) in [5.41, 5.74) is 11.9. The zero-order valence-corrected chi connectivity index (χ0v) is 10.6. The molecule has 4 heteroatoms. The van der Waals surface area contributed by atoms with Crippen LogP contribution in [0.1, 0.15) is 42.5 Å². The first kappa shape index (κ1) is 12.3. The minimum atomic E-state index is -0.450. The molecule has 1 fully saturated rings. The Morgan fingerprint density at radius 3 is 2.59 bits per heavy atom. The lowest BCUT2D eigenvalue weighted by Crippen LogP contribution is -2.14. The van der Waals surface area contributed by atoms with Gasteiger partial charge in [-0.25, -0.2) is 0 Å². The molecule has 0 bridgehead atoms. The summed E-state index contributed by atoms with van der Waals surface area (Å²) in [4.78, 5) is 12.3. The molecule has 3 nitrogen and oxygen atoms in total. The number of thioether (sulfide) groups is 1. The van der Waals surface area contributed by atoms with Gasteiger partial charge in [0.1, 0.15) is 0 Å². The van der Waals surface area contributed by atoms with Gasteiger partial charge in [0, 0.05) is 15.8 Å². The van der Waals surface area contributed by atoms with Crippen molar-refractivity contribution in [1.29, 1.82) is 0 Å². The molecule has 0 spiro atoms. The average Bonchev–Trinajstić information content (AvgIpc) is 2.32. The van der Waals surface area contributed by atoms with Crippen molar-refractivity contribution in [2.45, 2.75) is 42.2 Å². The zero-order chi connectivity index (χ0) is 12.3. The van der Waals surface area contributed by atoms with Gasteiger partial charge in [0.2, 0.25) is 0 Å². The summed E-state index contributed by atoms with van der Waals surface area (Å²) in [6.07, 6.45) is 6.51. The first-order chi connectivity index (χ1) is 8.16. The van der Waals surface area contributed by atoms with Gasteiger partial charge in [0.25, 0.3) is 5.91 Å². The molecular formula is C13H18N2OS. The molecule has 1 aromatic carbocycles. The van der Waals surface area contributed by atoms with E-state index in [-0.39, 0.29) is 0 Å². The van der Waals surface area contributed by atoms with Crippen molar-refractivity contribution in [3.8, 4) is 0 Å². The maximum absolute atomic E-state index is 11.2. The standard InChI is InChI=1S/C13H18N2OS/c14-12-7-6-10(8-11(12)13(15)16)17-9-4-2-1-3-5-9/h6-9H,1-5,14H2,(H2,15,16). The fourth-order valence-electron chi connectivity index (χ4n) is 2.20. The van der Waals surface area contributed by atoms with Crippen molar-refractivity contribution >= 4 is 23.4 Å². The number of carbonyl (C=O) groups is 1. The summed E-state index contributed by atoms with van der Waals surface area (Å²) in [7, 11) is 0. The van der Waals surface area contributed by atoms with Gasteiger partial charge in [0.15, 0.2) is 0 Å². The average molecular weight is 250 g/mol. The van der Waals surface area contributed by atoms with E-state index in [9.17, 15) is 4.79 Å². The summed E-state index contributed by atoms with van der Waals surface area (Å²) >= 11 is 1.84. The number of primary amides is 1. The van der Waals surface area contributed by atoms with E-state index in [4.69, 9.17) is 11.5 Å². The second kappa shape index (κ2) is 5.45. The number of rotatable bonds is 3. The van der Waals surface area contributed by atoms with Crippen LogP contribution in [0.25, 0.3) is 0 Å². The summed E-state index contributed by atoms with van der Waals surface area (Å²) < 4.78 is 0. The molecule has 0 saturated heterocycles. The number of nitrogen functional groups attached to an aromatic ring is 1. The van der Waals surface area contributed by atoms with Crippen LogP contribution in [0.5, 0.6) is 0 Å². The Balaban J connectivity index is 2.10. The highest BCUT2D eigenvalue weighted by molar-refractivity contribution is 8.00. The summed E-state index contributed by atoms with van der Waals surface area (Å²) in [6, 6.07) is 5.56. The van der Waals surface area contributed by atoms with Crippen LogP contribution in [-0.4, -0.2) is 11.2 Å². The lowest BCUT2D eigenvalue weighted by molar-refractivity contribution is 0.100. The van der Waals surface area contributed by atoms with Gasteiger partial charge in [0.05, 0.1) is 5.56 Å². The van der Waals surface area contributed by atoms with E-state index < -0.39 is 5.91 Å². The minimum Gasteiger partial charge on any atom is -0.398 e. The van der Waals surface area contributed by atoms with E-state index in [2.05, 4.69) is 0 Å². The third kappa shape index (κ3) is 3.16. The van der Waals surface area contributed by atoms with Crippen LogP contribution in [0.3, 0.4) is 0 Å². The summed E-state index contributed by atoms with van der Waals surface area (Å²) in [6.45, 7) is 0. The van der Waals surface area contributed by atoms with Crippen molar-refractivity contribution in [1.82, 2.24) is 0 Å². The second-order valence-electron chi connectivity index (χ2n) is 4.49. The van der Waals surface area contributed by atoms with Gasteiger partial charge in [-0.3, -0.25) is 4.79 Å². The molecule has 92 valence electrons. The normalized spacial score (nSPS) is 16.9. The highest BCUT2D eigenvalue weighted by atomic mass is 32.2. The number of carbonyl (C=O) groups excluding carboxylic acids is 1. The quantitative estimate of drug-likeness (QED) is 0.810. The highest BCUT2D eigenvalue weighted by Crippen LogP contribution is 2.34. The Morgan fingerprint density at radius 1 is 1.24 bits per heavy atom. The zero-order valence-electron chi connectivity index (χ0n) is 9.82. The molecule has 4 N–H and O–H groups in total. The molecule has 1 aliphatic rings. The second-order valence-corrected chi connectivity index (χ2v) is 5.86. The van der Waals surface area contributed by atoms with Crippen molar-refractivity contribution in [2.24, 2.45) is 5.73 Å². The first-order valence-corrected chi connectivity index (χ1v) is 6.91. The SMILES string of the molecule is NC(=O)c1cc(SC2CCCCC2)ccc1N. The van der Waals surface area contributed by atoms with Crippen molar-refractivity contribution < 1.29 is 4.79 Å². The number of hydrogen-bond donors (Lipinski definition) is 2. The molecule has 0 radical (unpaired) electrons. The third-order valence-electron chi connectivity index (χ3n) is 3.15. The number of benzene rings is 1. The van der Waals surface area contributed by atoms with Crippen molar-refractivity contribution in [2.75, 3.05) is 5.73 Å². The molecule has 0 aromatic heterocycles. The van der Waals surface area contributed by atoms with E-state index in [1.54, 1.807) is 6.07 Å². The number of anilines is 1. The van der Waals surface area contributed by atoms with E-state index in [0.29, 0.717) is 16.5 Å². The van der Waals surface area contributed by atoms with Gasteiger partial charge in [-0.1, -0.05) is 19.3 Å². The van der Waals surface area contributed by atoms with Gasteiger partial charge in [-0.2, -0.15) is 0 Å². The molecular weight excluding hydrogens is 232 g/mol. The molecule has 0 heterocycles. The predicted octanol–water partition coefficient (Wildman–Crippen LogP) is 2.79. The molecule has 0 aliphatic heterocycles. The highest BCUT2D eigenvalue weighted by Gasteiger charge is 2.15. The molecule has 2 rings (SSSR count). The molecule has 1 saturated carbocycles. The van der Waals surface area contributed by atoms with Crippen molar-refractivity contribution in [3.63, 3.8) is 0 Å².